The van der Waals surface area contributed by atoms with Gasteiger partial charge in [-0.15, -0.1) is 0 Å². The normalized spacial score (nSPS) is 12.5. The zero-order chi connectivity index (χ0) is 15.7. The summed E-state index contributed by atoms with van der Waals surface area (Å²) in [5, 5.41) is -0.746. The Kier molecular flexibility index (Phi) is 4.65. The Bertz CT molecular complexity index is 625. The van der Waals surface area contributed by atoms with Crippen LogP contribution >= 0.6 is 12.2 Å². The molecule has 0 heterocycles. The van der Waals surface area contributed by atoms with E-state index in [1.165, 1.54) is 13.8 Å². The molecule has 0 aromatic heterocycles. The van der Waals surface area contributed by atoms with Gasteiger partial charge in [0, 0.05) is 5.56 Å². The van der Waals surface area contributed by atoms with E-state index in [4.69, 9.17) is 5.73 Å². The van der Waals surface area contributed by atoms with Crippen LogP contribution in [0.5, 0.6) is 0 Å². The van der Waals surface area contributed by atoms with Crippen molar-refractivity contribution >= 4 is 32.9 Å². The first-order valence-corrected chi connectivity index (χ1v) is 7.43. The topological polar surface area (TPSA) is 72.2 Å². The molecule has 0 radical (unpaired) electrons. The summed E-state index contributed by atoms with van der Waals surface area (Å²) in [4.78, 5) is -0.322. The van der Waals surface area contributed by atoms with Crippen LogP contribution in [-0.4, -0.2) is 18.7 Å². The lowest BCUT2D eigenvalue weighted by atomic mass is 10.1. The van der Waals surface area contributed by atoms with Gasteiger partial charge in [-0.1, -0.05) is 12.2 Å². The lowest BCUT2D eigenvalue weighted by molar-refractivity contribution is -0.137. The van der Waals surface area contributed by atoms with E-state index in [1.807, 2.05) is 0 Å². The average Bonchev–Trinajstić information content (AvgIpc) is 2.26. The Hall–Kier alpha value is -1.35. The van der Waals surface area contributed by atoms with Crippen molar-refractivity contribution in [1.29, 1.82) is 0 Å². The van der Waals surface area contributed by atoms with Gasteiger partial charge in [-0.3, -0.25) is 4.72 Å². The molecule has 0 spiro atoms. The first-order chi connectivity index (χ1) is 8.95. The fourth-order valence-electron chi connectivity index (χ4n) is 1.28. The summed E-state index contributed by atoms with van der Waals surface area (Å²) in [6, 6.07) is 2.48. The number of benzene rings is 1. The van der Waals surface area contributed by atoms with E-state index in [9.17, 15) is 21.6 Å². The summed E-state index contributed by atoms with van der Waals surface area (Å²) >= 11 is 4.66. The summed E-state index contributed by atoms with van der Waals surface area (Å²) in [7, 11) is -3.70. The molecule has 1 aromatic carbocycles. The minimum Gasteiger partial charge on any atom is -0.389 e. The Balaban J connectivity index is 3.32. The second-order valence-corrected chi connectivity index (χ2v) is 6.99. The predicted octanol–water partition coefficient (Wildman–Crippen LogP) is 2.49. The van der Waals surface area contributed by atoms with Crippen molar-refractivity contribution in [3.8, 4) is 0 Å². The maximum Gasteiger partial charge on any atom is 0.416 e. The number of hydrogen-bond donors (Lipinski definition) is 2. The monoisotopic (exact) mass is 326 g/mol. The predicted molar refractivity (Wildman–Crippen MR) is 75.0 cm³/mol. The van der Waals surface area contributed by atoms with E-state index >= 15 is 0 Å². The number of nitrogens with one attached hydrogen (secondary N) is 1. The van der Waals surface area contributed by atoms with Crippen LogP contribution in [0.15, 0.2) is 18.2 Å². The Labute approximate surface area is 120 Å². The van der Waals surface area contributed by atoms with Gasteiger partial charge in [0.25, 0.3) is 0 Å². The van der Waals surface area contributed by atoms with Crippen LogP contribution < -0.4 is 10.5 Å². The van der Waals surface area contributed by atoms with Crippen LogP contribution in [0.3, 0.4) is 0 Å². The van der Waals surface area contributed by atoms with Gasteiger partial charge in [-0.05, 0) is 32.0 Å². The lowest BCUT2D eigenvalue weighted by Crippen LogP contribution is -2.25. The van der Waals surface area contributed by atoms with E-state index in [2.05, 4.69) is 16.9 Å². The van der Waals surface area contributed by atoms with Crippen LogP contribution in [0.4, 0.5) is 18.9 Å². The first kappa shape index (κ1) is 16.7. The molecule has 0 fully saturated rings. The third kappa shape index (κ3) is 3.83. The van der Waals surface area contributed by atoms with Crippen molar-refractivity contribution in [1.82, 2.24) is 0 Å². The number of halogens is 3. The van der Waals surface area contributed by atoms with Crippen molar-refractivity contribution in [3.05, 3.63) is 29.3 Å². The van der Waals surface area contributed by atoms with Crippen molar-refractivity contribution < 1.29 is 21.6 Å². The zero-order valence-electron chi connectivity index (χ0n) is 10.7. The molecular weight excluding hydrogens is 313 g/mol. The fraction of sp³-hybridized carbons (Fsp3) is 0.364. The largest absolute Gasteiger partial charge is 0.416 e. The average molecular weight is 326 g/mol. The minimum atomic E-state index is -4.56. The van der Waals surface area contributed by atoms with Crippen LogP contribution in [0, 0.1) is 0 Å². The second-order valence-electron chi connectivity index (χ2n) is 4.32. The van der Waals surface area contributed by atoms with Gasteiger partial charge >= 0.3 is 6.18 Å². The number of thiocarbonyl (C=S) groups is 1. The standard InChI is InChI=1S/C11H13F3N2O2S2/c1-6(2)20(17,18)16-9-4-3-7(11(12,13)14)5-8(9)10(15)19/h3-6,16H,1-2H3,(H2,15,19). The highest BCUT2D eigenvalue weighted by atomic mass is 32.2. The van der Waals surface area contributed by atoms with Gasteiger partial charge in [-0.2, -0.15) is 13.2 Å². The maximum atomic E-state index is 12.6. The number of anilines is 1. The molecule has 112 valence electrons. The van der Waals surface area contributed by atoms with Crippen molar-refractivity contribution in [2.24, 2.45) is 5.73 Å². The molecular formula is C11H13F3N2O2S2. The number of alkyl halides is 3. The highest BCUT2D eigenvalue weighted by Crippen LogP contribution is 2.32. The van der Waals surface area contributed by atoms with E-state index < -0.39 is 27.0 Å². The maximum absolute atomic E-state index is 12.6. The first-order valence-electron chi connectivity index (χ1n) is 5.48. The van der Waals surface area contributed by atoms with Gasteiger partial charge in [0.1, 0.15) is 4.99 Å². The zero-order valence-corrected chi connectivity index (χ0v) is 12.3. The van der Waals surface area contributed by atoms with Crippen LogP contribution in [-0.2, 0) is 16.2 Å². The molecule has 0 unspecified atom stereocenters. The van der Waals surface area contributed by atoms with Gasteiger partial charge in [0.05, 0.1) is 16.5 Å². The van der Waals surface area contributed by atoms with Crippen LogP contribution in [0.2, 0.25) is 0 Å². The molecule has 1 aromatic rings. The number of rotatable bonds is 4. The third-order valence-electron chi connectivity index (χ3n) is 2.49. The highest BCUT2D eigenvalue weighted by Gasteiger charge is 2.31. The smallest absolute Gasteiger partial charge is 0.389 e. The molecule has 0 aliphatic carbocycles. The summed E-state index contributed by atoms with van der Waals surface area (Å²) in [5.74, 6) is 0. The van der Waals surface area contributed by atoms with Crippen molar-refractivity contribution in [2.75, 3.05) is 4.72 Å². The van der Waals surface area contributed by atoms with E-state index in [1.54, 1.807) is 0 Å². The summed E-state index contributed by atoms with van der Waals surface area (Å²) in [6.45, 7) is 2.87. The second kappa shape index (κ2) is 5.57. The number of nitrogens with two attached hydrogens (primary N) is 1. The van der Waals surface area contributed by atoms with E-state index in [-0.39, 0.29) is 16.2 Å². The van der Waals surface area contributed by atoms with Gasteiger partial charge in [-0.25, -0.2) is 8.42 Å². The lowest BCUT2D eigenvalue weighted by Gasteiger charge is -2.16. The molecule has 0 amide bonds. The number of hydrogen-bond acceptors (Lipinski definition) is 3. The molecule has 20 heavy (non-hydrogen) atoms. The Morgan fingerprint density at radius 1 is 1.35 bits per heavy atom. The molecule has 0 aliphatic heterocycles. The van der Waals surface area contributed by atoms with E-state index in [0.717, 1.165) is 18.2 Å². The number of sulfonamides is 1. The SMILES string of the molecule is CC(C)S(=O)(=O)Nc1ccc(C(F)(F)F)cc1C(N)=S. The quantitative estimate of drug-likeness (QED) is 0.834. The van der Waals surface area contributed by atoms with Gasteiger partial charge in [0.2, 0.25) is 10.0 Å². The molecule has 0 atom stereocenters. The highest BCUT2D eigenvalue weighted by molar-refractivity contribution is 7.93. The van der Waals surface area contributed by atoms with Crippen LogP contribution in [0.25, 0.3) is 0 Å². The summed E-state index contributed by atoms with van der Waals surface area (Å²) < 4.78 is 63.5. The van der Waals surface area contributed by atoms with Crippen molar-refractivity contribution in [3.63, 3.8) is 0 Å². The Morgan fingerprint density at radius 3 is 2.30 bits per heavy atom. The molecule has 3 N–H and O–H groups in total. The molecule has 0 saturated carbocycles. The van der Waals surface area contributed by atoms with Crippen LogP contribution in [0.1, 0.15) is 25.0 Å². The molecule has 0 aliphatic rings. The fourth-order valence-corrected chi connectivity index (χ4v) is 2.17. The van der Waals surface area contributed by atoms with Gasteiger partial charge < -0.3 is 5.73 Å². The third-order valence-corrected chi connectivity index (χ3v) is 4.45. The van der Waals surface area contributed by atoms with E-state index in [0.29, 0.717) is 0 Å². The molecule has 0 saturated heterocycles. The molecule has 1 rings (SSSR count). The Morgan fingerprint density at radius 2 is 1.90 bits per heavy atom. The summed E-state index contributed by atoms with van der Waals surface area (Å²) in [6.07, 6.45) is -4.56. The minimum absolute atomic E-state index is 0.0702. The van der Waals surface area contributed by atoms with Crippen molar-refractivity contribution in [2.45, 2.75) is 25.3 Å². The summed E-state index contributed by atoms with van der Waals surface area (Å²) in [5.41, 5.74) is 4.16. The van der Waals surface area contributed by atoms with Gasteiger partial charge in [0.15, 0.2) is 0 Å². The molecule has 0 bridgehead atoms. The molecule has 4 nitrogen and oxygen atoms in total. The molecule has 9 heteroatoms.